The second kappa shape index (κ2) is 6.86. The standard InChI is InChI=1S/C12H17Cl2NOS/c1-12(15,8-16)5-2-6-17-9-3-4-10(13)11(14)7-9/h3-4,7,16H,2,5-6,8,15H2,1H3. The monoisotopic (exact) mass is 293 g/mol. The summed E-state index contributed by atoms with van der Waals surface area (Å²) in [4.78, 5) is 1.10. The molecule has 1 atom stereocenters. The molecule has 0 aliphatic rings. The molecule has 0 fully saturated rings. The number of hydrogen-bond acceptors (Lipinski definition) is 3. The Balaban J connectivity index is 2.34. The van der Waals surface area contributed by atoms with Gasteiger partial charge in [-0.15, -0.1) is 11.8 Å². The number of benzene rings is 1. The van der Waals surface area contributed by atoms with Crippen molar-refractivity contribution in [3.05, 3.63) is 28.2 Å². The van der Waals surface area contributed by atoms with Crippen LogP contribution in [0.25, 0.3) is 0 Å². The number of nitrogens with two attached hydrogens (primary N) is 1. The third-order valence-electron chi connectivity index (χ3n) is 2.41. The van der Waals surface area contributed by atoms with Crippen molar-refractivity contribution in [2.45, 2.75) is 30.2 Å². The molecule has 1 unspecified atom stereocenters. The lowest BCUT2D eigenvalue weighted by atomic mass is 9.99. The van der Waals surface area contributed by atoms with E-state index in [2.05, 4.69) is 0 Å². The molecule has 96 valence electrons. The number of aliphatic hydroxyl groups excluding tert-OH is 1. The lowest BCUT2D eigenvalue weighted by Gasteiger charge is -2.21. The van der Waals surface area contributed by atoms with E-state index in [0.717, 1.165) is 23.5 Å². The molecule has 0 aliphatic heterocycles. The van der Waals surface area contributed by atoms with Crippen LogP contribution in [0.4, 0.5) is 0 Å². The van der Waals surface area contributed by atoms with Crippen LogP contribution < -0.4 is 5.73 Å². The van der Waals surface area contributed by atoms with Gasteiger partial charge in [0.15, 0.2) is 0 Å². The maximum atomic E-state index is 9.01. The van der Waals surface area contributed by atoms with E-state index in [0.29, 0.717) is 10.0 Å². The van der Waals surface area contributed by atoms with Crippen molar-refractivity contribution >= 4 is 35.0 Å². The quantitative estimate of drug-likeness (QED) is 0.623. The third kappa shape index (κ3) is 5.49. The number of aliphatic hydroxyl groups is 1. The molecule has 2 nitrogen and oxygen atoms in total. The van der Waals surface area contributed by atoms with E-state index in [1.54, 1.807) is 17.8 Å². The first kappa shape index (κ1) is 15.1. The van der Waals surface area contributed by atoms with E-state index in [-0.39, 0.29) is 6.61 Å². The Labute approximate surface area is 116 Å². The zero-order valence-electron chi connectivity index (χ0n) is 9.75. The van der Waals surface area contributed by atoms with Crippen LogP contribution in [0.15, 0.2) is 23.1 Å². The first-order valence-electron chi connectivity index (χ1n) is 5.42. The molecule has 17 heavy (non-hydrogen) atoms. The minimum Gasteiger partial charge on any atom is -0.394 e. The van der Waals surface area contributed by atoms with Crippen molar-refractivity contribution in [2.24, 2.45) is 5.73 Å². The Morgan fingerprint density at radius 1 is 1.35 bits per heavy atom. The minimum absolute atomic E-state index is 0.0183. The summed E-state index contributed by atoms with van der Waals surface area (Å²) < 4.78 is 0. The highest BCUT2D eigenvalue weighted by Crippen LogP contribution is 2.28. The topological polar surface area (TPSA) is 46.2 Å². The molecule has 0 heterocycles. The van der Waals surface area contributed by atoms with Gasteiger partial charge in [-0.1, -0.05) is 23.2 Å². The van der Waals surface area contributed by atoms with Gasteiger partial charge in [0.2, 0.25) is 0 Å². The summed E-state index contributed by atoms with van der Waals surface area (Å²) in [7, 11) is 0. The van der Waals surface area contributed by atoms with Crippen molar-refractivity contribution in [2.75, 3.05) is 12.4 Å². The molecule has 0 aromatic heterocycles. The van der Waals surface area contributed by atoms with E-state index >= 15 is 0 Å². The highest BCUT2D eigenvalue weighted by Gasteiger charge is 2.15. The molecule has 5 heteroatoms. The summed E-state index contributed by atoms with van der Waals surface area (Å²) >= 11 is 13.5. The zero-order chi connectivity index (χ0) is 12.9. The van der Waals surface area contributed by atoms with Crippen molar-refractivity contribution in [3.8, 4) is 0 Å². The molecule has 0 radical (unpaired) electrons. The van der Waals surface area contributed by atoms with E-state index in [1.807, 2.05) is 19.1 Å². The van der Waals surface area contributed by atoms with Crippen LogP contribution in [-0.2, 0) is 0 Å². The maximum Gasteiger partial charge on any atom is 0.0608 e. The Hall–Kier alpha value is 0.0700. The molecule has 0 saturated carbocycles. The second-order valence-electron chi connectivity index (χ2n) is 4.34. The van der Waals surface area contributed by atoms with Gasteiger partial charge < -0.3 is 10.8 Å². The number of thioether (sulfide) groups is 1. The smallest absolute Gasteiger partial charge is 0.0608 e. The van der Waals surface area contributed by atoms with Crippen LogP contribution >= 0.6 is 35.0 Å². The summed E-state index contributed by atoms with van der Waals surface area (Å²) in [5.74, 6) is 0.949. The van der Waals surface area contributed by atoms with Crippen LogP contribution in [0.3, 0.4) is 0 Å². The number of hydrogen-bond donors (Lipinski definition) is 2. The summed E-state index contributed by atoms with van der Waals surface area (Å²) in [5, 5.41) is 10.2. The van der Waals surface area contributed by atoms with Crippen LogP contribution in [0, 0.1) is 0 Å². The van der Waals surface area contributed by atoms with Gasteiger partial charge in [0, 0.05) is 10.4 Å². The molecular formula is C12H17Cl2NOS. The van der Waals surface area contributed by atoms with Gasteiger partial charge in [-0.2, -0.15) is 0 Å². The molecule has 0 saturated heterocycles. The summed E-state index contributed by atoms with van der Waals surface area (Å²) in [5.41, 5.74) is 5.37. The molecule has 0 amide bonds. The first-order chi connectivity index (χ1) is 7.94. The Kier molecular flexibility index (Phi) is 6.10. The van der Waals surface area contributed by atoms with E-state index in [9.17, 15) is 0 Å². The van der Waals surface area contributed by atoms with E-state index < -0.39 is 5.54 Å². The molecule has 3 N–H and O–H groups in total. The SMILES string of the molecule is CC(N)(CO)CCCSc1ccc(Cl)c(Cl)c1. The first-order valence-corrected chi connectivity index (χ1v) is 7.16. The second-order valence-corrected chi connectivity index (χ2v) is 6.32. The zero-order valence-corrected chi connectivity index (χ0v) is 12.1. The van der Waals surface area contributed by atoms with Crippen LogP contribution in [0.1, 0.15) is 19.8 Å². The van der Waals surface area contributed by atoms with Crippen LogP contribution in [-0.4, -0.2) is 23.0 Å². The van der Waals surface area contributed by atoms with Gasteiger partial charge in [0.05, 0.1) is 16.7 Å². The van der Waals surface area contributed by atoms with Gasteiger partial charge in [0.1, 0.15) is 0 Å². The van der Waals surface area contributed by atoms with Crippen LogP contribution in [0.5, 0.6) is 0 Å². The summed E-state index contributed by atoms with van der Waals surface area (Å²) in [6.45, 7) is 1.88. The number of rotatable bonds is 6. The minimum atomic E-state index is -0.474. The van der Waals surface area contributed by atoms with Gasteiger partial charge >= 0.3 is 0 Å². The Morgan fingerprint density at radius 2 is 2.06 bits per heavy atom. The normalized spacial score (nSPS) is 14.6. The average Bonchev–Trinajstić information content (AvgIpc) is 2.29. The van der Waals surface area contributed by atoms with Crippen molar-refractivity contribution < 1.29 is 5.11 Å². The van der Waals surface area contributed by atoms with E-state index in [4.69, 9.17) is 34.0 Å². The summed E-state index contributed by atoms with van der Waals surface area (Å²) in [6.07, 6.45) is 1.76. The fraction of sp³-hybridized carbons (Fsp3) is 0.500. The largest absolute Gasteiger partial charge is 0.394 e. The third-order valence-corrected chi connectivity index (χ3v) is 4.23. The predicted octanol–water partition coefficient (Wildman–Crippen LogP) is 3.58. The molecule has 0 bridgehead atoms. The fourth-order valence-electron chi connectivity index (χ4n) is 1.31. The number of halogens is 2. The van der Waals surface area contributed by atoms with E-state index in [1.165, 1.54) is 0 Å². The lowest BCUT2D eigenvalue weighted by molar-refractivity contribution is 0.200. The van der Waals surface area contributed by atoms with Crippen molar-refractivity contribution in [1.29, 1.82) is 0 Å². The molecule has 1 aromatic rings. The summed E-state index contributed by atoms with van der Waals surface area (Å²) in [6, 6.07) is 5.61. The maximum absolute atomic E-state index is 9.01. The molecule has 1 rings (SSSR count). The van der Waals surface area contributed by atoms with Gasteiger partial charge in [0.25, 0.3) is 0 Å². The predicted molar refractivity (Wildman–Crippen MR) is 76.1 cm³/mol. The average molecular weight is 294 g/mol. The molecule has 0 spiro atoms. The molecule has 1 aromatic carbocycles. The Morgan fingerprint density at radius 3 is 2.65 bits per heavy atom. The highest BCUT2D eigenvalue weighted by molar-refractivity contribution is 7.99. The van der Waals surface area contributed by atoms with Gasteiger partial charge in [-0.3, -0.25) is 0 Å². The highest BCUT2D eigenvalue weighted by atomic mass is 35.5. The lowest BCUT2D eigenvalue weighted by Crippen LogP contribution is -2.40. The van der Waals surface area contributed by atoms with Crippen molar-refractivity contribution in [3.63, 3.8) is 0 Å². The molecular weight excluding hydrogens is 277 g/mol. The van der Waals surface area contributed by atoms with Crippen LogP contribution in [0.2, 0.25) is 10.0 Å². The molecule has 0 aliphatic carbocycles. The Bertz CT molecular complexity index is 372. The van der Waals surface area contributed by atoms with Gasteiger partial charge in [-0.25, -0.2) is 0 Å². The van der Waals surface area contributed by atoms with Crippen molar-refractivity contribution in [1.82, 2.24) is 0 Å². The fourth-order valence-corrected chi connectivity index (χ4v) is 2.56. The van der Waals surface area contributed by atoms with Gasteiger partial charge in [-0.05, 0) is 43.7 Å².